The first-order valence-corrected chi connectivity index (χ1v) is 5.91. The van der Waals surface area contributed by atoms with Crippen LogP contribution in [0.15, 0.2) is 12.3 Å². The second kappa shape index (κ2) is 5.48. The first-order chi connectivity index (χ1) is 8.78. The summed E-state index contributed by atoms with van der Waals surface area (Å²) in [5.74, 6) is 0.517. The monoisotopic (exact) mass is 248 g/mol. The Labute approximate surface area is 105 Å². The number of carbonyl (C=O) groups excluding carboxylic acids is 1. The lowest BCUT2D eigenvalue weighted by Crippen LogP contribution is -1.97. The van der Waals surface area contributed by atoms with Crippen molar-refractivity contribution in [2.75, 3.05) is 7.11 Å². The van der Waals surface area contributed by atoms with E-state index in [9.17, 15) is 4.79 Å². The van der Waals surface area contributed by atoms with E-state index < -0.39 is 0 Å². The average molecular weight is 248 g/mol. The van der Waals surface area contributed by atoms with Gasteiger partial charge in [-0.05, 0) is 6.42 Å². The Morgan fingerprint density at radius 1 is 1.56 bits per heavy atom. The van der Waals surface area contributed by atoms with Gasteiger partial charge in [-0.15, -0.1) is 5.10 Å². The Hall–Kier alpha value is -2.11. The summed E-state index contributed by atoms with van der Waals surface area (Å²) in [7, 11) is 1.53. The van der Waals surface area contributed by atoms with Gasteiger partial charge in [0.1, 0.15) is 17.1 Å². The van der Waals surface area contributed by atoms with Gasteiger partial charge in [0, 0.05) is 12.6 Å². The van der Waals surface area contributed by atoms with Crippen molar-refractivity contribution in [1.82, 2.24) is 20.0 Å². The highest BCUT2D eigenvalue weighted by molar-refractivity contribution is 5.79. The normalized spacial score (nSPS) is 10.6. The zero-order chi connectivity index (χ0) is 13.0. The van der Waals surface area contributed by atoms with Crippen LogP contribution in [0.3, 0.4) is 0 Å². The number of aldehydes is 1. The summed E-state index contributed by atoms with van der Waals surface area (Å²) in [6.07, 6.45) is 4.76. The average Bonchev–Trinajstić information content (AvgIpc) is 3.01. The van der Waals surface area contributed by atoms with E-state index in [2.05, 4.69) is 22.2 Å². The maximum Gasteiger partial charge on any atom is 0.170 e. The molecule has 96 valence electrons. The zero-order valence-electron chi connectivity index (χ0n) is 10.5. The molecule has 1 N–H and O–H groups in total. The van der Waals surface area contributed by atoms with Crippen LogP contribution in [-0.4, -0.2) is 33.4 Å². The van der Waals surface area contributed by atoms with Gasteiger partial charge in [0.15, 0.2) is 6.29 Å². The van der Waals surface area contributed by atoms with Crippen molar-refractivity contribution in [3.63, 3.8) is 0 Å². The van der Waals surface area contributed by atoms with Crippen molar-refractivity contribution in [2.24, 2.45) is 0 Å². The number of hydrogen-bond donors (Lipinski definition) is 1. The van der Waals surface area contributed by atoms with E-state index in [4.69, 9.17) is 4.74 Å². The molecule has 0 aliphatic heterocycles. The number of H-pyrrole nitrogens is 1. The van der Waals surface area contributed by atoms with E-state index in [0.717, 1.165) is 31.4 Å². The van der Waals surface area contributed by atoms with Crippen LogP contribution >= 0.6 is 0 Å². The Bertz CT molecular complexity index is 530. The number of carbonyl (C=O) groups is 1. The molecule has 0 aliphatic carbocycles. The van der Waals surface area contributed by atoms with Gasteiger partial charge in [-0.1, -0.05) is 18.6 Å². The molecule has 0 spiro atoms. The highest BCUT2D eigenvalue weighted by Gasteiger charge is 2.11. The van der Waals surface area contributed by atoms with Crippen LogP contribution in [-0.2, 0) is 6.54 Å². The van der Waals surface area contributed by atoms with Crippen LogP contribution in [0.1, 0.15) is 30.3 Å². The topological polar surface area (TPSA) is 72.8 Å². The van der Waals surface area contributed by atoms with E-state index in [1.165, 1.54) is 7.11 Å². The van der Waals surface area contributed by atoms with Crippen LogP contribution in [0.5, 0.6) is 5.75 Å². The van der Waals surface area contributed by atoms with Crippen molar-refractivity contribution in [1.29, 1.82) is 0 Å². The fraction of sp³-hybridized carbons (Fsp3) is 0.417. The van der Waals surface area contributed by atoms with Gasteiger partial charge in [-0.2, -0.15) is 0 Å². The number of nitrogens with zero attached hydrogens (tertiary/aromatic N) is 3. The number of aryl methyl sites for hydroxylation is 1. The third kappa shape index (κ3) is 2.42. The Balaban J connectivity index is 2.22. The molecule has 0 atom stereocenters. The molecule has 2 heterocycles. The number of nitrogens with one attached hydrogen (secondary N) is 1. The molecule has 0 unspecified atom stereocenters. The number of rotatable bonds is 6. The van der Waals surface area contributed by atoms with Gasteiger partial charge in [0.2, 0.25) is 0 Å². The van der Waals surface area contributed by atoms with E-state index in [0.29, 0.717) is 17.1 Å². The first kappa shape index (κ1) is 12.3. The molecule has 2 aromatic heterocycles. The van der Waals surface area contributed by atoms with E-state index in [1.54, 1.807) is 10.7 Å². The van der Waals surface area contributed by atoms with Crippen molar-refractivity contribution in [3.05, 3.63) is 18.0 Å². The van der Waals surface area contributed by atoms with Gasteiger partial charge < -0.3 is 9.72 Å². The number of unbranched alkanes of at least 4 members (excludes halogenated alkanes) is 1. The molecule has 6 nitrogen and oxygen atoms in total. The van der Waals surface area contributed by atoms with Crippen molar-refractivity contribution in [2.45, 2.75) is 26.3 Å². The van der Waals surface area contributed by atoms with Crippen LogP contribution in [0, 0.1) is 0 Å². The lowest BCUT2D eigenvalue weighted by molar-refractivity contribution is 0.111. The number of ether oxygens (including phenoxy) is 1. The molecular formula is C12H16N4O2. The van der Waals surface area contributed by atoms with Gasteiger partial charge in [0.25, 0.3) is 0 Å². The molecule has 0 radical (unpaired) electrons. The van der Waals surface area contributed by atoms with Gasteiger partial charge >= 0.3 is 0 Å². The molecule has 0 aliphatic rings. The molecule has 2 aromatic rings. The lowest BCUT2D eigenvalue weighted by Gasteiger charge is -1.95. The molecule has 0 amide bonds. The predicted molar refractivity (Wildman–Crippen MR) is 66.7 cm³/mol. The molecule has 6 heteroatoms. The third-order valence-corrected chi connectivity index (χ3v) is 2.70. The number of hydrogen-bond acceptors (Lipinski definition) is 4. The number of aromatic nitrogens is 4. The minimum Gasteiger partial charge on any atom is -0.494 e. The first-order valence-electron chi connectivity index (χ1n) is 5.91. The number of methoxy groups -OCH3 is 1. The summed E-state index contributed by atoms with van der Waals surface area (Å²) in [6.45, 7) is 2.98. The van der Waals surface area contributed by atoms with E-state index in [-0.39, 0.29) is 0 Å². The van der Waals surface area contributed by atoms with Crippen LogP contribution in [0.25, 0.3) is 11.4 Å². The molecular weight excluding hydrogens is 232 g/mol. The zero-order valence-corrected chi connectivity index (χ0v) is 10.5. The fourth-order valence-corrected chi connectivity index (χ4v) is 1.70. The summed E-state index contributed by atoms with van der Waals surface area (Å²) in [6, 6.07) is 1.75. The molecule has 0 fully saturated rings. The Morgan fingerprint density at radius 2 is 2.39 bits per heavy atom. The molecule has 0 aromatic carbocycles. The Kier molecular flexibility index (Phi) is 3.76. The SMILES string of the molecule is CCCCn1cc(-c2cc(OC)c(C=O)[nH]2)nn1. The van der Waals surface area contributed by atoms with Crippen LogP contribution < -0.4 is 4.74 Å². The second-order valence-corrected chi connectivity index (χ2v) is 4.00. The molecule has 18 heavy (non-hydrogen) atoms. The maximum absolute atomic E-state index is 10.8. The van der Waals surface area contributed by atoms with Crippen LogP contribution in [0.4, 0.5) is 0 Å². The molecule has 0 saturated carbocycles. The molecule has 2 rings (SSSR count). The number of aromatic amines is 1. The highest BCUT2D eigenvalue weighted by Crippen LogP contribution is 2.24. The largest absolute Gasteiger partial charge is 0.494 e. The Morgan fingerprint density at radius 3 is 3.00 bits per heavy atom. The van der Waals surface area contributed by atoms with Crippen molar-refractivity contribution >= 4 is 6.29 Å². The van der Waals surface area contributed by atoms with Crippen LogP contribution in [0.2, 0.25) is 0 Å². The van der Waals surface area contributed by atoms with Gasteiger partial charge in [-0.25, -0.2) is 0 Å². The minimum atomic E-state index is 0.413. The summed E-state index contributed by atoms with van der Waals surface area (Å²) < 4.78 is 6.89. The molecule has 0 saturated heterocycles. The summed E-state index contributed by atoms with van der Waals surface area (Å²) >= 11 is 0. The van der Waals surface area contributed by atoms with E-state index >= 15 is 0 Å². The van der Waals surface area contributed by atoms with E-state index in [1.807, 2.05) is 6.20 Å². The molecule has 0 bridgehead atoms. The van der Waals surface area contributed by atoms with Gasteiger partial charge in [-0.3, -0.25) is 9.48 Å². The smallest absolute Gasteiger partial charge is 0.170 e. The van der Waals surface area contributed by atoms with Crippen molar-refractivity contribution < 1.29 is 9.53 Å². The quantitative estimate of drug-likeness (QED) is 0.792. The maximum atomic E-state index is 10.8. The predicted octanol–water partition coefficient (Wildman–Crippen LogP) is 1.89. The third-order valence-electron chi connectivity index (χ3n) is 2.70. The summed E-state index contributed by atoms with van der Waals surface area (Å²) in [5.41, 5.74) is 1.85. The standard InChI is InChI=1S/C12H16N4O2/c1-3-4-5-16-7-10(14-15-16)9-6-12(18-2)11(8-17)13-9/h6-8,13H,3-5H2,1-2H3. The summed E-state index contributed by atoms with van der Waals surface area (Å²) in [4.78, 5) is 13.8. The minimum absolute atomic E-state index is 0.413. The fourth-order valence-electron chi connectivity index (χ4n) is 1.70. The van der Waals surface area contributed by atoms with Gasteiger partial charge in [0.05, 0.1) is 19.0 Å². The second-order valence-electron chi connectivity index (χ2n) is 4.00. The highest BCUT2D eigenvalue weighted by atomic mass is 16.5. The summed E-state index contributed by atoms with van der Waals surface area (Å²) in [5, 5.41) is 8.11. The lowest BCUT2D eigenvalue weighted by atomic mass is 10.3. The van der Waals surface area contributed by atoms with Crippen molar-refractivity contribution in [3.8, 4) is 17.1 Å².